The van der Waals surface area contributed by atoms with Crippen LogP contribution in [-0.2, 0) is 6.54 Å². The van der Waals surface area contributed by atoms with E-state index in [4.69, 9.17) is 14.2 Å². The third-order valence-corrected chi connectivity index (χ3v) is 6.74. The van der Waals surface area contributed by atoms with Gasteiger partial charge in [-0.2, -0.15) is 0 Å². The van der Waals surface area contributed by atoms with Gasteiger partial charge in [0.1, 0.15) is 6.10 Å². The van der Waals surface area contributed by atoms with Gasteiger partial charge in [0.05, 0.1) is 23.9 Å². The number of hydrogen-bond donors (Lipinski definition) is 3. The summed E-state index contributed by atoms with van der Waals surface area (Å²) >= 11 is 0. The Morgan fingerprint density at radius 2 is 1.95 bits per heavy atom. The average Bonchev–Trinajstić information content (AvgIpc) is 3.33. The number of urea groups is 1. The van der Waals surface area contributed by atoms with Crippen molar-refractivity contribution in [2.75, 3.05) is 38.9 Å². The molecule has 0 spiro atoms. The Kier molecular flexibility index (Phi) is 8.63. The van der Waals surface area contributed by atoms with Crippen LogP contribution in [0.1, 0.15) is 43.6 Å². The normalized spacial score (nSPS) is 19.5. The number of hydrogen-bond acceptors (Lipinski definition) is 7. The number of benzene rings is 2. The minimum Gasteiger partial charge on any atom is -0.486 e. The maximum Gasteiger partial charge on any atom is 0.319 e. The van der Waals surface area contributed by atoms with Crippen LogP contribution in [0.5, 0.6) is 17.2 Å². The number of rotatable bonds is 8. The molecule has 0 fully saturated rings. The number of aliphatic hydroxyl groups is 1. The lowest BCUT2D eigenvalue weighted by Crippen LogP contribution is -2.49. The molecular weight excluding hydrogens is 488 g/mol. The van der Waals surface area contributed by atoms with Crippen LogP contribution < -0.4 is 24.8 Å². The SMILES string of the molecule is CC(C)NC(=O)Nc1cccc2c1O[C@@H](CN(C)Cc1ccc3c(c1)OCO3)[C@@H](C)CN([C@H](C)CO)C2=O. The molecule has 0 aromatic heterocycles. The molecule has 2 heterocycles. The molecule has 0 saturated heterocycles. The molecule has 0 saturated carbocycles. The molecule has 38 heavy (non-hydrogen) atoms. The fraction of sp³-hybridized carbons (Fsp3) is 0.500. The molecule has 3 atom stereocenters. The fourth-order valence-corrected chi connectivity index (χ4v) is 4.70. The Labute approximate surface area is 223 Å². The highest BCUT2D eigenvalue weighted by atomic mass is 16.7. The van der Waals surface area contributed by atoms with Crippen LogP contribution in [0.4, 0.5) is 10.5 Å². The minimum absolute atomic E-state index is 0.0541. The van der Waals surface area contributed by atoms with Crippen molar-refractivity contribution in [1.82, 2.24) is 15.1 Å². The molecule has 0 bridgehead atoms. The molecule has 0 aliphatic carbocycles. The van der Waals surface area contributed by atoms with Crippen LogP contribution in [0.25, 0.3) is 0 Å². The Balaban J connectivity index is 1.61. The number of aliphatic hydroxyl groups excluding tert-OH is 1. The Morgan fingerprint density at radius 3 is 2.68 bits per heavy atom. The highest BCUT2D eigenvalue weighted by Crippen LogP contribution is 2.36. The zero-order valence-electron chi connectivity index (χ0n) is 22.7. The van der Waals surface area contributed by atoms with Gasteiger partial charge in [-0.25, -0.2) is 4.79 Å². The molecule has 10 nitrogen and oxygen atoms in total. The zero-order valence-corrected chi connectivity index (χ0v) is 22.7. The standard InChI is InChI=1S/C28H38N4O6/c1-17(2)29-28(35)30-22-8-6-7-21-26(22)38-25(18(3)12-32(27(21)34)19(4)15-33)14-31(5)13-20-9-10-23-24(11-20)37-16-36-23/h6-11,17-19,25,33H,12-16H2,1-5H3,(H2,29,30,35)/t18-,19+,25-/m0/s1. The van der Waals surface area contributed by atoms with E-state index in [-0.39, 0.29) is 49.4 Å². The predicted molar refractivity (Wildman–Crippen MR) is 144 cm³/mol. The van der Waals surface area contributed by atoms with E-state index in [1.807, 2.05) is 52.9 Å². The second-order valence-corrected chi connectivity index (χ2v) is 10.4. The van der Waals surface area contributed by atoms with Crippen LogP contribution in [0.15, 0.2) is 36.4 Å². The van der Waals surface area contributed by atoms with Crippen molar-refractivity contribution in [3.8, 4) is 17.2 Å². The second-order valence-electron chi connectivity index (χ2n) is 10.4. The van der Waals surface area contributed by atoms with Gasteiger partial charge in [0.2, 0.25) is 6.79 Å². The topological polar surface area (TPSA) is 113 Å². The number of amides is 3. The van der Waals surface area contributed by atoms with Crippen molar-refractivity contribution in [3.63, 3.8) is 0 Å². The summed E-state index contributed by atoms with van der Waals surface area (Å²) in [5, 5.41) is 15.5. The zero-order chi connectivity index (χ0) is 27.4. The maximum atomic E-state index is 13.6. The minimum atomic E-state index is -0.378. The van der Waals surface area contributed by atoms with Crippen LogP contribution in [0.3, 0.4) is 0 Å². The largest absolute Gasteiger partial charge is 0.486 e. The molecule has 2 aromatic carbocycles. The van der Waals surface area contributed by atoms with Gasteiger partial charge in [-0.1, -0.05) is 19.1 Å². The van der Waals surface area contributed by atoms with Crippen LogP contribution in [0, 0.1) is 5.92 Å². The van der Waals surface area contributed by atoms with Gasteiger partial charge >= 0.3 is 6.03 Å². The third-order valence-electron chi connectivity index (χ3n) is 6.74. The van der Waals surface area contributed by atoms with Crippen LogP contribution in [0.2, 0.25) is 0 Å². The van der Waals surface area contributed by atoms with Gasteiger partial charge in [0, 0.05) is 31.6 Å². The molecular formula is C28H38N4O6. The summed E-state index contributed by atoms with van der Waals surface area (Å²) in [5.74, 6) is 1.52. The van der Waals surface area contributed by atoms with Crippen molar-refractivity contribution < 1.29 is 28.9 Å². The lowest BCUT2D eigenvalue weighted by atomic mass is 9.99. The van der Waals surface area contributed by atoms with Crippen LogP contribution in [-0.4, -0.2) is 78.6 Å². The van der Waals surface area contributed by atoms with Gasteiger partial charge < -0.3 is 34.9 Å². The first-order chi connectivity index (χ1) is 18.2. The first kappa shape index (κ1) is 27.5. The van der Waals surface area contributed by atoms with Gasteiger partial charge in [0.25, 0.3) is 5.91 Å². The molecule has 10 heteroatoms. The van der Waals surface area contributed by atoms with E-state index in [1.165, 1.54) is 0 Å². The van der Waals surface area contributed by atoms with Crippen molar-refractivity contribution in [2.45, 2.75) is 52.4 Å². The molecule has 4 rings (SSSR count). The van der Waals surface area contributed by atoms with Gasteiger partial charge in [-0.05, 0) is 57.6 Å². The third kappa shape index (κ3) is 6.31. The Hall–Kier alpha value is -3.50. The number of likely N-dealkylation sites (N-methyl/N-ethyl adjacent to an activating group) is 1. The van der Waals surface area contributed by atoms with Gasteiger partial charge in [0.15, 0.2) is 17.2 Å². The van der Waals surface area contributed by atoms with Crippen molar-refractivity contribution in [3.05, 3.63) is 47.5 Å². The smallest absolute Gasteiger partial charge is 0.319 e. The van der Waals surface area contributed by atoms with Crippen LogP contribution >= 0.6 is 0 Å². The summed E-state index contributed by atoms with van der Waals surface area (Å²) in [6, 6.07) is 10.3. The highest BCUT2D eigenvalue weighted by Gasteiger charge is 2.34. The monoisotopic (exact) mass is 526 g/mol. The van der Waals surface area contributed by atoms with E-state index >= 15 is 0 Å². The number of fused-ring (bicyclic) bond motifs is 2. The number of nitrogens with one attached hydrogen (secondary N) is 2. The molecule has 3 N–H and O–H groups in total. The summed E-state index contributed by atoms with van der Waals surface area (Å²) < 4.78 is 17.5. The lowest BCUT2D eigenvalue weighted by molar-refractivity contribution is 0.0343. The van der Waals surface area contributed by atoms with Gasteiger partial charge in [-0.3, -0.25) is 9.69 Å². The Bertz CT molecular complexity index is 1160. The lowest BCUT2D eigenvalue weighted by Gasteiger charge is -2.38. The maximum absolute atomic E-state index is 13.6. The predicted octanol–water partition coefficient (Wildman–Crippen LogP) is 3.30. The number of nitrogens with zero attached hydrogens (tertiary/aromatic N) is 2. The highest BCUT2D eigenvalue weighted by molar-refractivity contribution is 6.01. The van der Waals surface area contributed by atoms with E-state index in [9.17, 15) is 14.7 Å². The molecule has 0 unspecified atom stereocenters. The molecule has 3 amide bonds. The molecule has 0 radical (unpaired) electrons. The average molecular weight is 527 g/mol. The Morgan fingerprint density at radius 1 is 1.18 bits per heavy atom. The second kappa shape index (κ2) is 11.9. The quantitative estimate of drug-likeness (QED) is 0.484. The number of carbonyl (C=O) groups excluding carboxylic acids is 2. The van der Waals surface area contributed by atoms with E-state index in [0.29, 0.717) is 36.6 Å². The number of carbonyl (C=O) groups is 2. The molecule has 206 valence electrons. The molecule has 2 aliphatic heterocycles. The summed E-state index contributed by atoms with van der Waals surface area (Å²) in [5.41, 5.74) is 1.85. The number of ether oxygens (including phenoxy) is 3. The summed E-state index contributed by atoms with van der Waals surface area (Å²) in [6.45, 7) is 9.33. The van der Waals surface area contributed by atoms with Gasteiger partial charge in [-0.15, -0.1) is 0 Å². The summed E-state index contributed by atoms with van der Waals surface area (Å²) in [4.78, 5) is 30.0. The van der Waals surface area contributed by atoms with E-state index in [1.54, 1.807) is 23.1 Å². The van der Waals surface area contributed by atoms with Crippen molar-refractivity contribution >= 4 is 17.6 Å². The summed E-state index contributed by atoms with van der Waals surface area (Å²) in [6.07, 6.45) is -0.301. The number of anilines is 1. The first-order valence-corrected chi connectivity index (χ1v) is 13.0. The molecule has 2 aliphatic rings. The molecule has 2 aromatic rings. The van der Waals surface area contributed by atoms with Crippen molar-refractivity contribution in [1.29, 1.82) is 0 Å². The fourth-order valence-electron chi connectivity index (χ4n) is 4.70. The van der Waals surface area contributed by atoms with E-state index < -0.39 is 0 Å². The summed E-state index contributed by atoms with van der Waals surface area (Å²) in [7, 11) is 2.01. The number of para-hydroxylation sites is 1. The van der Waals surface area contributed by atoms with E-state index in [2.05, 4.69) is 15.5 Å². The van der Waals surface area contributed by atoms with E-state index in [0.717, 1.165) is 17.1 Å². The first-order valence-electron chi connectivity index (χ1n) is 13.0. The van der Waals surface area contributed by atoms with Crippen molar-refractivity contribution in [2.24, 2.45) is 5.92 Å².